The van der Waals surface area contributed by atoms with Crippen LogP contribution in [0.15, 0.2) is 5.16 Å². The van der Waals surface area contributed by atoms with Crippen molar-refractivity contribution in [1.82, 2.24) is 14.9 Å². The van der Waals surface area contributed by atoms with E-state index in [1.165, 1.54) is 16.4 Å². The topological polar surface area (TPSA) is 66.0 Å². The van der Waals surface area contributed by atoms with Crippen molar-refractivity contribution in [3.63, 3.8) is 0 Å². The first-order valence-electron chi connectivity index (χ1n) is 4.06. The van der Waals surface area contributed by atoms with E-state index >= 15 is 0 Å². The minimum absolute atomic E-state index is 0.355. The molecule has 0 aliphatic heterocycles. The maximum atomic E-state index is 5.70. The minimum Gasteiger partial charge on any atom is -0.375 e. The van der Waals surface area contributed by atoms with Crippen LogP contribution >= 0.6 is 24.0 Å². The second-order valence-electron chi connectivity index (χ2n) is 2.45. The smallest absolute Gasteiger partial charge is 0.209 e. The number of rotatable bonds is 4. The maximum Gasteiger partial charge on any atom is 0.209 e. The molecule has 7 heteroatoms. The number of nitrogens with two attached hydrogens (primary N) is 1. The third-order valence-electron chi connectivity index (χ3n) is 1.55. The van der Waals surface area contributed by atoms with Crippen molar-refractivity contribution >= 4 is 24.0 Å². The average molecular weight is 232 g/mol. The van der Waals surface area contributed by atoms with Crippen LogP contribution in [-0.4, -0.2) is 27.7 Å². The van der Waals surface area contributed by atoms with Crippen LogP contribution in [0.5, 0.6) is 0 Å². The van der Waals surface area contributed by atoms with Crippen molar-refractivity contribution in [2.75, 3.05) is 18.7 Å². The molecular weight excluding hydrogens is 220 g/mol. The van der Waals surface area contributed by atoms with Gasteiger partial charge in [-0.05, 0) is 13.2 Å². The Morgan fingerprint density at radius 2 is 2.29 bits per heavy atom. The Balaban J connectivity index is 2.99. The SMILES string of the molecule is CCOCc1nnc(SC)n(N)c1=S. The first-order valence-corrected chi connectivity index (χ1v) is 5.69. The lowest BCUT2D eigenvalue weighted by atomic mass is 10.5. The van der Waals surface area contributed by atoms with Gasteiger partial charge in [-0.15, -0.1) is 10.2 Å². The lowest BCUT2D eigenvalue weighted by Crippen LogP contribution is -2.18. The number of ether oxygens (including phenoxy) is 1. The van der Waals surface area contributed by atoms with Gasteiger partial charge in [0.25, 0.3) is 0 Å². The number of nitrogen functional groups attached to an aromatic ring is 1. The Labute approximate surface area is 91.6 Å². The van der Waals surface area contributed by atoms with Gasteiger partial charge in [-0.3, -0.25) is 0 Å². The molecular formula is C7H12N4OS2. The van der Waals surface area contributed by atoms with Crippen LogP contribution in [0.1, 0.15) is 12.6 Å². The first-order chi connectivity index (χ1) is 6.70. The number of nitrogens with zero attached hydrogens (tertiary/aromatic N) is 3. The molecule has 1 aromatic heterocycles. The number of thioether (sulfide) groups is 1. The van der Waals surface area contributed by atoms with Crippen LogP contribution < -0.4 is 5.84 Å². The van der Waals surface area contributed by atoms with Crippen LogP contribution in [-0.2, 0) is 11.3 Å². The molecule has 1 heterocycles. The predicted octanol–water partition coefficient (Wildman–Crippen LogP) is 0.980. The van der Waals surface area contributed by atoms with Gasteiger partial charge in [0.05, 0.1) is 6.61 Å². The number of aromatic nitrogens is 3. The summed E-state index contributed by atoms with van der Waals surface area (Å²) in [5, 5.41) is 8.45. The van der Waals surface area contributed by atoms with E-state index < -0.39 is 0 Å². The molecule has 0 aliphatic carbocycles. The lowest BCUT2D eigenvalue weighted by Gasteiger charge is -2.06. The fourth-order valence-electron chi connectivity index (χ4n) is 0.849. The third-order valence-corrected chi connectivity index (χ3v) is 2.63. The molecule has 0 radical (unpaired) electrons. The molecule has 14 heavy (non-hydrogen) atoms. The Kier molecular flexibility index (Phi) is 4.30. The van der Waals surface area contributed by atoms with E-state index in [2.05, 4.69) is 10.2 Å². The highest BCUT2D eigenvalue weighted by Crippen LogP contribution is 2.09. The van der Waals surface area contributed by atoms with Gasteiger partial charge in [0.2, 0.25) is 5.16 Å². The van der Waals surface area contributed by atoms with E-state index in [0.29, 0.717) is 28.7 Å². The zero-order valence-electron chi connectivity index (χ0n) is 8.06. The lowest BCUT2D eigenvalue weighted by molar-refractivity contribution is 0.129. The second-order valence-corrected chi connectivity index (χ2v) is 3.61. The maximum absolute atomic E-state index is 5.70. The van der Waals surface area contributed by atoms with Gasteiger partial charge in [0, 0.05) is 6.61 Å². The fourth-order valence-corrected chi connectivity index (χ4v) is 1.50. The van der Waals surface area contributed by atoms with E-state index in [0.717, 1.165) is 0 Å². The van der Waals surface area contributed by atoms with Crippen LogP contribution in [0.25, 0.3) is 0 Å². The highest BCUT2D eigenvalue weighted by molar-refractivity contribution is 7.98. The van der Waals surface area contributed by atoms with Crippen LogP contribution in [0.3, 0.4) is 0 Å². The number of hydrogen-bond donors (Lipinski definition) is 1. The summed E-state index contributed by atoms with van der Waals surface area (Å²) in [4.78, 5) is 0. The Bertz CT molecular complexity index is 365. The van der Waals surface area contributed by atoms with Gasteiger partial charge in [-0.25, -0.2) is 4.68 Å². The van der Waals surface area contributed by atoms with Gasteiger partial charge in [0.15, 0.2) is 4.64 Å². The van der Waals surface area contributed by atoms with Gasteiger partial charge < -0.3 is 10.6 Å². The largest absolute Gasteiger partial charge is 0.375 e. The molecule has 0 saturated carbocycles. The zero-order chi connectivity index (χ0) is 10.6. The Hall–Kier alpha value is -0.660. The van der Waals surface area contributed by atoms with E-state index in [1.54, 1.807) is 0 Å². The van der Waals surface area contributed by atoms with E-state index in [-0.39, 0.29) is 0 Å². The standard InChI is InChI=1S/C7H12N4OS2/c1-3-12-4-5-6(13)11(8)7(14-2)10-9-5/h3-4,8H2,1-2H3. The van der Waals surface area contributed by atoms with E-state index in [1.807, 2.05) is 13.2 Å². The van der Waals surface area contributed by atoms with E-state index in [9.17, 15) is 0 Å². The molecule has 0 saturated heterocycles. The molecule has 0 amide bonds. The predicted molar refractivity (Wildman–Crippen MR) is 58.1 cm³/mol. The summed E-state index contributed by atoms with van der Waals surface area (Å²) in [6.07, 6.45) is 1.87. The minimum atomic E-state index is 0.355. The van der Waals surface area contributed by atoms with Crippen LogP contribution in [0.2, 0.25) is 0 Å². The Morgan fingerprint density at radius 1 is 1.57 bits per heavy atom. The molecule has 0 fully saturated rings. The number of hydrogen-bond acceptors (Lipinski definition) is 6. The molecule has 2 N–H and O–H groups in total. The molecule has 78 valence electrons. The Morgan fingerprint density at radius 3 is 2.86 bits per heavy atom. The second kappa shape index (κ2) is 5.28. The summed E-state index contributed by atoms with van der Waals surface area (Å²) in [7, 11) is 0. The molecule has 0 unspecified atom stereocenters. The van der Waals surface area contributed by atoms with Crippen LogP contribution in [0.4, 0.5) is 0 Å². The van der Waals surface area contributed by atoms with Gasteiger partial charge >= 0.3 is 0 Å². The van der Waals surface area contributed by atoms with Crippen molar-refractivity contribution in [3.8, 4) is 0 Å². The summed E-state index contributed by atoms with van der Waals surface area (Å²) >= 11 is 6.50. The molecule has 1 rings (SSSR count). The van der Waals surface area contributed by atoms with Gasteiger partial charge in [-0.2, -0.15) is 0 Å². The summed E-state index contributed by atoms with van der Waals surface area (Å²) in [6, 6.07) is 0. The fraction of sp³-hybridized carbons (Fsp3) is 0.571. The quantitative estimate of drug-likeness (QED) is 0.474. The summed E-state index contributed by atoms with van der Waals surface area (Å²) < 4.78 is 7.00. The molecule has 0 bridgehead atoms. The summed E-state index contributed by atoms with van der Waals surface area (Å²) in [6.45, 7) is 2.88. The molecule has 0 spiro atoms. The van der Waals surface area contributed by atoms with Gasteiger partial charge in [0.1, 0.15) is 5.69 Å². The summed E-state index contributed by atoms with van der Waals surface area (Å²) in [5.74, 6) is 5.70. The normalized spacial score (nSPS) is 10.4. The first kappa shape index (κ1) is 11.4. The third kappa shape index (κ3) is 2.43. The molecule has 0 aromatic carbocycles. The highest BCUT2D eigenvalue weighted by Gasteiger charge is 2.05. The van der Waals surface area contributed by atoms with E-state index in [4.69, 9.17) is 22.8 Å². The highest BCUT2D eigenvalue weighted by atomic mass is 32.2. The monoisotopic (exact) mass is 232 g/mol. The van der Waals surface area contributed by atoms with Crippen molar-refractivity contribution in [1.29, 1.82) is 0 Å². The molecule has 0 atom stereocenters. The average Bonchev–Trinajstić information content (AvgIpc) is 2.20. The molecule has 5 nitrogen and oxygen atoms in total. The van der Waals surface area contributed by atoms with Crippen molar-refractivity contribution in [3.05, 3.63) is 10.3 Å². The van der Waals surface area contributed by atoms with Crippen LogP contribution in [0, 0.1) is 4.64 Å². The van der Waals surface area contributed by atoms with Gasteiger partial charge in [-0.1, -0.05) is 24.0 Å². The summed E-state index contributed by atoms with van der Waals surface area (Å²) in [5.41, 5.74) is 0.599. The van der Waals surface area contributed by atoms with Crippen molar-refractivity contribution in [2.45, 2.75) is 18.7 Å². The molecule has 0 aliphatic rings. The molecule has 1 aromatic rings. The van der Waals surface area contributed by atoms with Crippen molar-refractivity contribution < 1.29 is 4.74 Å². The van der Waals surface area contributed by atoms with Crippen molar-refractivity contribution in [2.24, 2.45) is 0 Å². The zero-order valence-corrected chi connectivity index (χ0v) is 9.69.